The zero-order chi connectivity index (χ0) is 24.6. The van der Waals surface area contributed by atoms with Crippen molar-refractivity contribution in [2.45, 2.75) is 18.0 Å². The molecule has 0 saturated carbocycles. The van der Waals surface area contributed by atoms with Crippen LogP contribution in [-0.4, -0.2) is 49.1 Å². The Labute approximate surface area is 203 Å². The molecule has 1 amide bonds. The van der Waals surface area contributed by atoms with Crippen molar-refractivity contribution in [3.05, 3.63) is 83.8 Å². The van der Waals surface area contributed by atoms with Gasteiger partial charge in [-0.25, -0.2) is 12.7 Å². The van der Waals surface area contributed by atoms with E-state index in [0.29, 0.717) is 35.7 Å². The van der Waals surface area contributed by atoms with Gasteiger partial charge in [0.25, 0.3) is 5.91 Å². The molecule has 0 fully saturated rings. The topological polar surface area (TPSA) is 103 Å². The van der Waals surface area contributed by atoms with Gasteiger partial charge in [-0.3, -0.25) is 9.78 Å². The molecule has 0 spiro atoms. The number of benzene rings is 2. The van der Waals surface area contributed by atoms with E-state index in [1.807, 2.05) is 34.9 Å². The number of hydrogen-bond donors (Lipinski definition) is 1. The summed E-state index contributed by atoms with van der Waals surface area (Å²) in [5.74, 6) is 1.06. The molecule has 3 heterocycles. The number of nitrogens with zero attached hydrogens (tertiary/aromatic N) is 3. The molecule has 0 atom stereocenters. The first-order valence-corrected chi connectivity index (χ1v) is 12.4. The van der Waals surface area contributed by atoms with Gasteiger partial charge in [-0.05, 0) is 59.7 Å². The van der Waals surface area contributed by atoms with Crippen LogP contribution in [0.1, 0.15) is 21.6 Å². The highest BCUT2D eigenvalue weighted by atomic mass is 32.2. The maximum atomic E-state index is 13.3. The molecule has 0 radical (unpaired) electrons. The second-order valence-electron chi connectivity index (χ2n) is 8.35. The van der Waals surface area contributed by atoms with E-state index >= 15 is 0 Å². The zero-order valence-corrected chi connectivity index (χ0v) is 20.1. The Morgan fingerprint density at radius 1 is 1.00 bits per heavy atom. The normalized spacial score (nSPS) is 12.9. The largest absolute Gasteiger partial charge is 0.454 e. The van der Waals surface area contributed by atoms with E-state index in [0.717, 1.165) is 16.6 Å². The van der Waals surface area contributed by atoms with Gasteiger partial charge in [0, 0.05) is 50.5 Å². The maximum Gasteiger partial charge on any atom is 0.268 e. The molecule has 0 unspecified atom stereocenters. The lowest BCUT2D eigenvalue weighted by Crippen LogP contribution is -2.25. The maximum absolute atomic E-state index is 13.3. The van der Waals surface area contributed by atoms with Crippen molar-refractivity contribution >= 4 is 26.8 Å². The Balaban J connectivity index is 1.49. The molecule has 4 aromatic rings. The van der Waals surface area contributed by atoms with Crippen molar-refractivity contribution in [2.75, 3.05) is 20.9 Å². The summed E-state index contributed by atoms with van der Waals surface area (Å²) >= 11 is 0. The van der Waals surface area contributed by atoms with Gasteiger partial charge < -0.3 is 19.4 Å². The van der Waals surface area contributed by atoms with Gasteiger partial charge in [-0.15, -0.1) is 0 Å². The third-order valence-corrected chi connectivity index (χ3v) is 7.68. The van der Waals surface area contributed by atoms with Crippen molar-refractivity contribution in [2.24, 2.45) is 0 Å². The van der Waals surface area contributed by atoms with Crippen molar-refractivity contribution in [1.82, 2.24) is 19.2 Å². The van der Waals surface area contributed by atoms with E-state index < -0.39 is 10.0 Å². The number of sulfonamides is 1. The first kappa shape index (κ1) is 22.9. The number of hydrogen-bond acceptors (Lipinski definition) is 6. The fraction of sp³-hybridized carbons (Fsp3) is 0.200. The van der Waals surface area contributed by atoms with Crippen molar-refractivity contribution in [1.29, 1.82) is 0 Å². The standard InChI is InChI=1S/C25H24N4O5S/c1-28(2)35(31,32)20-4-5-21-19(12-20)13-22(29(21)15-17-7-9-26-10-8-17)25(30)27-14-18-3-6-23-24(11-18)34-16-33-23/h3-13H,14-16H2,1-2H3,(H,27,30). The summed E-state index contributed by atoms with van der Waals surface area (Å²) in [5.41, 5.74) is 3.02. The van der Waals surface area contributed by atoms with Crippen LogP contribution in [0.5, 0.6) is 11.5 Å². The number of carbonyl (C=O) groups is 1. The smallest absolute Gasteiger partial charge is 0.268 e. The second-order valence-corrected chi connectivity index (χ2v) is 10.5. The van der Waals surface area contributed by atoms with Crippen LogP contribution in [0.15, 0.2) is 71.9 Å². The highest BCUT2D eigenvalue weighted by Gasteiger charge is 2.21. The van der Waals surface area contributed by atoms with Crippen LogP contribution in [0.3, 0.4) is 0 Å². The van der Waals surface area contributed by atoms with Gasteiger partial charge in [-0.2, -0.15) is 0 Å². The summed E-state index contributed by atoms with van der Waals surface area (Å²) in [6.07, 6.45) is 3.39. The Bertz CT molecular complexity index is 1510. The molecule has 0 saturated heterocycles. The molecule has 1 aliphatic rings. The molecule has 1 aliphatic heterocycles. The Morgan fingerprint density at radius 2 is 1.77 bits per heavy atom. The van der Waals surface area contributed by atoms with Crippen LogP contribution in [0.25, 0.3) is 10.9 Å². The first-order valence-electron chi connectivity index (χ1n) is 10.9. The molecule has 0 aliphatic carbocycles. The minimum atomic E-state index is -3.61. The summed E-state index contributed by atoms with van der Waals surface area (Å²) < 4.78 is 39.1. The van der Waals surface area contributed by atoms with Crippen molar-refractivity contribution in [3.8, 4) is 11.5 Å². The van der Waals surface area contributed by atoms with E-state index in [9.17, 15) is 13.2 Å². The SMILES string of the molecule is CN(C)S(=O)(=O)c1ccc2c(c1)cc(C(=O)NCc1ccc3c(c1)OCO3)n2Cc1ccncc1. The number of rotatable bonds is 7. The average molecular weight is 493 g/mol. The van der Waals surface area contributed by atoms with E-state index in [1.165, 1.54) is 18.4 Å². The minimum absolute atomic E-state index is 0.170. The molecule has 2 aromatic heterocycles. The molecule has 5 rings (SSSR count). The minimum Gasteiger partial charge on any atom is -0.454 e. The summed E-state index contributed by atoms with van der Waals surface area (Å²) in [6, 6.07) is 15.9. The monoisotopic (exact) mass is 492 g/mol. The molecule has 35 heavy (non-hydrogen) atoms. The van der Waals surface area contributed by atoms with Crippen molar-refractivity contribution in [3.63, 3.8) is 0 Å². The van der Waals surface area contributed by atoms with Crippen LogP contribution in [0.4, 0.5) is 0 Å². The Hall–Kier alpha value is -3.89. The number of carbonyl (C=O) groups excluding carboxylic acids is 1. The Morgan fingerprint density at radius 3 is 2.54 bits per heavy atom. The van der Waals surface area contributed by atoms with Gasteiger partial charge >= 0.3 is 0 Å². The second kappa shape index (κ2) is 9.05. The van der Waals surface area contributed by atoms with E-state index in [1.54, 1.807) is 36.7 Å². The molecule has 10 heteroatoms. The van der Waals surface area contributed by atoms with Crippen LogP contribution < -0.4 is 14.8 Å². The van der Waals surface area contributed by atoms with Crippen molar-refractivity contribution < 1.29 is 22.7 Å². The number of aromatic nitrogens is 2. The third-order valence-electron chi connectivity index (χ3n) is 5.86. The highest BCUT2D eigenvalue weighted by molar-refractivity contribution is 7.89. The quantitative estimate of drug-likeness (QED) is 0.426. The predicted molar refractivity (Wildman–Crippen MR) is 130 cm³/mol. The lowest BCUT2D eigenvalue weighted by atomic mass is 10.2. The zero-order valence-electron chi connectivity index (χ0n) is 19.3. The number of amides is 1. The molecule has 2 aromatic carbocycles. The predicted octanol–water partition coefficient (Wildman–Crippen LogP) is 2.99. The Kier molecular flexibility index (Phi) is 5.91. The molecular weight excluding hydrogens is 468 g/mol. The fourth-order valence-electron chi connectivity index (χ4n) is 3.97. The molecule has 1 N–H and O–H groups in total. The van der Waals surface area contributed by atoms with Crippen LogP contribution in [0, 0.1) is 0 Å². The molecule has 9 nitrogen and oxygen atoms in total. The van der Waals surface area contributed by atoms with Gasteiger partial charge in [-0.1, -0.05) is 6.07 Å². The molecular formula is C25H24N4O5S. The van der Waals surface area contributed by atoms with Gasteiger partial charge in [0.15, 0.2) is 11.5 Å². The lowest BCUT2D eigenvalue weighted by molar-refractivity contribution is 0.0942. The van der Waals surface area contributed by atoms with E-state index in [4.69, 9.17) is 9.47 Å². The third kappa shape index (κ3) is 4.45. The fourth-order valence-corrected chi connectivity index (χ4v) is 4.91. The first-order chi connectivity index (χ1) is 16.8. The number of nitrogens with one attached hydrogen (secondary N) is 1. The van der Waals surface area contributed by atoms with Crippen LogP contribution >= 0.6 is 0 Å². The highest BCUT2D eigenvalue weighted by Crippen LogP contribution is 2.32. The average Bonchev–Trinajstić information content (AvgIpc) is 3.47. The van der Waals surface area contributed by atoms with Gasteiger partial charge in [0.05, 0.1) is 4.90 Å². The van der Waals surface area contributed by atoms with E-state index in [2.05, 4.69) is 10.3 Å². The summed E-state index contributed by atoms with van der Waals surface area (Å²) in [7, 11) is -0.631. The number of fused-ring (bicyclic) bond motifs is 2. The number of pyridine rings is 1. The van der Waals surface area contributed by atoms with Gasteiger partial charge in [0.2, 0.25) is 16.8 Å². The lowest BCUT2D eigenvalue weighted by Gasteiger charge is -2.13. The summed E-state index contributed by atoms with van der Waals surface area (Å²) in [5, 5.41) is 3.62. The van der Waals surface area contributed by atoms with Crippen LogP contribution in [-0.2, 0) is 23.1 Å². The summed E-state index contributed by atoms with van der Waals surface area (Å²) in [6.45, 7) is 0.914. The van der Waals surface area contributed by atoms with Gasteiger partial charge in [0.1, 0.15) is 5.69 Å². The summed E-state index contributed by atoms with van der Waals surface area (Å²) in [4.78, 5) is 17.5. The van der Waals surface area contributed by atoms with E-state index in [-0.39, 0.29) is 17.6 Å². The van der Waals surface area contributed by atoms with Crippen LogP contribution in [0.2, 0.25) is 0 Å². The molecule has 0 bridgehead atoms. The molecule has 180 valence electrons. The number of ether oxygens (including phenoxy) is 2.